The largest absolute Gasteiger partial charge is 0.486 e. The SMILES string of the molecule is Cl.Cl.N[C@@H](c1ccc(Cl)c(Cl)c1)[C@@H](O)c1ccc(OC2CCOC2)cn1. The van der Waals surface area contributed by atoms with Crippen molar-refractivity contribution in [2.75, 3.05) is 13.2 Å². The molecule has 1 aromatic heterocycles. The molecule has 1 aromatic carbocycles. The van der Waals surface area contributed by atoms with Crippen LogP contribution in [-0.2, 0) is 4.74 Å². The van der Waals surface area contributed by atoms with Crippen LogP contribution in [0.5, 0.6) is 5.75 Å². The molecule has 1 saturated heterocycles. The van der Waals surface area contributed by atoms with Crippen LogP contribution in [0.25, 0.3) is 0 Å². The highest BCUT2D eigenvalue weighted by molar-refractivity contribution is 6.42. The molecule has 0 radical (unpaired) electrons. The van der Waals surface area contributed by atoms with E-state index in [0.717, 1.165) is 6.42 Å². The lowest BCUT2D eigenvalue weighted by Gasteiger charge is -2.20. The first-order valence-corrected chi connectivity index (χ1v) is 8.39. The smallest absolute Gasteiger partial charge is 0.138 e. The van der Waals surface area contributed by atoms with E-state index in [9.17, 15) is 5.11 Å². The molecule has 0 amide bonds. The Labute approximate surface area is 174 Å². The molecule has 26 heavy (non-hydrogen) atoms. The lowest BCUT2D eigenvalue weighted by atomic mass is 10.00. The minimum Gasteiger partial charge on any atom is -0.486 e. The van der Waals surface area contributed by atoms with Gasteiger partial charge in [-0.25, -0.2) is 0 Å². The Kier molecular flexibility index (Phi) is 9.41. The normalized spacial score (nSPS) is 18.4. The van der Waals surface area contributed by atoms with Gasteiger partial charge in [0.2, 0.25) is 0 Å². The number of rotatable bonds is 5. The standard InChI is InChI=1S/C17H18Cl2N2O3.2ClH/c18-13-3-1-10(7-14(13)19)16(20)17(22)15-4-2-11(8-21-15)24-12-5-6-23-9-12;;/h1-4,7-8,12,16-17,22H,5-6,9,20H2;2*1H/t12?,16-,17-;;/m0../s1. The summed E-state index contributed by atoms with van der Waals surface area (Å²) in [6, 6.07) is 7.84. The topological polar surface area (TPSA) is 77.6 Å². The average Bonchev–Trinajstić information content (AvgIpc) is 3.10. The molecule has 9 heteroatoms. The number of nitrogens with two attached hydrogens (primary N) is 1. The lowest BCUT2D eigenvalue weighted by Crippen LogP contribution is -2.20. The molecule has 3 N–H and O–H groups in total. The highest BCUT2D eigenvalue weighted by Crippen LogP contribution is 2.30. The van der Waals surface area contributed by atoms with Crippen molar-refractivity contribution < 1.29 is 14.6 Å². The number of aliphatic hydroxyl groups is 1. The van der Waals surface area contributed by atoms with E-state index in [1.807, 2.05) is 0 Å². The number of nitrogens with zero attached hydrogens (tertiary/aromatic N) is 1. The number of aliphatic hydroxyl groups excluding tert-OH is 1. The molecule has 0 aliphatic carbocycles. The molecule has 1 aliphatic rings. The van der Waals surface area contributed by atoms with E-state index in [0.29, 0.717) is 40.3 Å². The third kappa shape index (κ3) is 5.60. The minimum atomic E-state index is -0.967. The average molecular weight is 442 g/mol. The monoisotopic (exact) mass is 440 g/mol. The van der Waals surface area contributed by atoms with Crippen LogP contribution in [0, 0.1) is 0 Å². The van der Waals surface area contributed by atoms with Gasteiger partial charge in [-0.1, -0.05) is 29.3 Å². The maximum absolute atomic E-state index is 10.5. The Balaban J connectivity index is 0.00000169. The first kappa shape index (κ1) is 23.2. The zero-order valence-corrected chi connectivity index (χ0v) is 16.8. The van der Waals surface area contributed by atoms with Gasteiger partial charge in [-0.05, 0) is 29.8 Å². The van der Waals surface area contributed by atoms with Crippen LogP contribution in [0.1, 0.15) is 29.8 Å². The third-order valence-electron chi connectivity index (χ3n) is 3.92. The highest BCUT2D eigenvalue weighted by Gasteiger charge is 2.22. The number of aromatic nitrogens is 1. The van der Waals surface area contributed by atoms with Gasteiger partial charge in [0, 0.05) is 6.42 Å². The summed E-state index contributed by atoms with van der Waals surface area (Å²) >= 11 is 11.9. The van der Waals surface area contributed by atoms with Gasteiger partial charge < -0.3 is 20.3 Å². The summed E-state index contributed by atoms with van der Waals surface area (Å²) in [6.45, 7) is 1.31. The fraction of sp³-hybridized carbons (Fsp3) is 0.353. The van der Waals surface area contributed by atoms with Crippen molar-refractivity contribution in [1.82, 2.24) is 4.98 Å². The van der Waals surface area contributed by atoms with E-state index in [2.05, 4.69) is 4.98 Å². The van der Waals surface area contributed by atoms with E-state index in [1.165, 1.54) is 0 Å². The second-order valence-electron chi connectivity index (χ2n) is 5.67. The number of hydrogen-bond donors (Lipinski definition) is 2. The van der Waals surface area contributed by atoms with Crippen molar-refractivity contribution in [3.8, 4) is 5.75 Å². The summed E-state index contributed by atoms with van der Waals surface area (Å²) in [7, 11) is 0. The number of ether oxygens (including phenoxy) is 2. The Morgan fingerprint density at radius 1 is 1.19 bits per heavy atom. The third-order valence-corrected chi connectivity index (χ3v) is 4.66. The molecule has 0 saturated carbocycles. The second kappa shape index (κ2) is 10.5. The van der Waals surface area contributed by atoms with E-state index >= 15 is 0 Å². The molecule has 1 unspecified atom stereocenters. The quantitative estimate of drug-likeness (QED) is 0.729. The molecule has 1 aliphatic heterocycles. The van der Waals surface area contributed by atoms with E-state index < -0.39 is 12.1 Å². The summed E-state index contributed by atoms with van der Waals surface area (Å²) in [4.78, 5) is 4.25. The minimum absolute atomic E-state index is 0. The maximum Gasteiger partial charge on any atom is 0.138 e. The number of hydrogen-bond acceptors (Lipinski definition) is 5. The molecule has 3 rings (SSSR count). The Hall–Kier alpha value is -0.790. The Bertz CT molecular complexity index is 697. The van der Waals surface area contributed by atoms with E-state index in [1.54, 1.807) is 36.5 Å². The molecule has 2 aromatic rings. The molecular formula is C17H20Cl4N2O3. The maximum atomic E-state index is 10.5. The predicted octanol–water partition coefficient (Wildman–Crippen LogP) is 4.13. The molecular weight excluding hydrogens is 422 g/mol. The Morgan fingerprint density at radius 2 is 1.96 bits per heavy atom. The first-order valence-electron chi connectivity index (χ1n) is 7.63. The number of pyridine rings is 1. The molecule has 144 valence electrons. The van der Waals surface area contributed by atoms with Crippen molar-refractivity contribution in [3.05, 3.63) is 57.8 Å². The fourth-order valence-corrected chi connectivity index (χ4v) is 2.83. The molecule has 1 fully saturated rings. The lowest BCUT2D eigenvalue weighted by molar-refractivity contribution is 0.137. The summed E-state index contributed by atoms with van der Waals surface area (Å²) in [5.41, 5.74) is 7.26. The number of benzene rings is 1. The van der Waals surface area contributed by atoms with E-state index in [-0.39, 0.29) is 30.9 Å². The van der Waals surface area contributed by atoms with Crippen molar-refractivity contribution in [2.24, 2.45) is 5.73 Å². The van der Waals surface area contributed by atoms with Gasteiger partial charge in [0.25, 0.3) is 0 Å². The molecule has 5 nitrogen and oxygen atoms in total. The van der Waals surface area contributed by atoms with Crippen molar-refractivity contribution >= 4 is 48.0 Å². The summed E-state index contributed by atoms with van der Waals surface area (Å²) < 4.78 is 11.0. The van der Waals surface area contributed by atoms with Gasteiger partial charge in [-0.2, -0.15) is 0 Å². The predicted molar refractivity (Wildman–Crippen MR) is 107 cm³/mol. The van der Waals surface area contributed by atoms with Crippen LogP contribution in [0.2, 0.25) is 10.0 Å². The Morgan fingerprint density at radius 3 is 2.54 bits per heavy atom. The summed E-state index contributed by atoms with van der Waals surface area (Å²) in [5, 5.41) is 11.3. The van der Waals surface area contributed by atoms with Crippen molar-refractivity contribution in [1.29, 1.82) is 0 Å². The summed E-state index contributed by atoms with van der Waals surface area (Å²) in [5.74, 6) is 0.643. The summed E-state index contributed by atoms with van der Waals surface area (Å²) in [6.07, 6.45) is 1.54. The van der Waals surface area contributed by atoms with Crippen molar-refractivity contribution in [3.63, 3.8) is 0 Å². The van der Waals surface area contributed by atoms with Gasteiger partial charge >= 0.3 is 0 Å². The second-order valence-corrected chi connectivity index (χ2v) is 6.48. The molecule has 3 atom stereocenters. The van der Waals surface area contributed by atoms with Gasteiger partial charge in [-0.15, -0.1) is 24.8 Å². The molecule has 0 bridgehead atoms. The zero-order valence-electron chi connectivity index (χ0n) is 13.7. The van der Waals surface area contributed by atoms with Gasteiger partial charge in [-0.3, -0.25) is 4.98 Å². The van der Waals surface area contributed by atoms with Crippen LogP contribution >= 0.6 is 48.0 Å². The van der Waals surface area contributed by atoms with Crippen LogP contribution in [0.15, 0.2) is 36.5 Å². The van der Waals surface area contributed by atoms with Gasteiger partial charge in [0.05, 0.1) is 41.2 Å². The van der Waals surface area contributed by atoms with Crippen LogP contribution in [-0.4, -0.2) is 29.4 Å². The molecule has 0 spiro atoms. The van der Waals surface area contributed by atoms with Crippen molar-refractivity contribution in [2.45, 2.75) is 24.7 Å². The van der Waals surface area contributed by atoms with E-state index in [4.69, 9.17) is 38.4 Å². The fourth-order valence-electron chi connectivity index (χ4n) is 2.52. The zero-order chi connectivity index (χ0) is 17.1. The van der Waals surface area contributed by atoms with Crippen LogP contribution in [0.4, 0.5) is 0 Å². The van der Waals surface area contributed by atoms with Gasteiger partial charge in [0.15, 0.2) is 0 Å². The van der Waals surface area contributed by atoms with Crippen LogP contribution in [0.3, 0.4) is 0 Å². The van der Waals surface area contributed by atoms with Gasteiger partial charge in [0.1, 0.15) is 18.0 Å². The first-order chi connectivity index (χ1) is 11.5. The highest BCUT2D eigenvalue weighted by atomic mass is 35.5. The number of halogens is 4. The molecule has 2 heterocycles. The van der Waals surface area contributed by atoms with Crippen LogP contribution < -0.4 is 10.5 Å².